The van der Waals surface area contributed by atoms with Crippen LogP contribution in [0.5, 0.6) is 0 Å². The molecule has 2 amide bonds. The second-order valence-corrected chi connectivity index (χ2v) is 4.97. The number of primary amides is 1. The number of rotatable bonds is 3. The van der Waals surface area contributed by atoms with Crippen molar-refractivity contribution in [1.82, 2.24) is 20.1 Å². The zero-order valence-corrected chi connectivity index (χ0v) is 11.5. The number of carbonyl (C=O) groups excluding carboxylic acids is 2. The number of oxazole rings is 1. The molecule has 0 aliphatic carbocycles. The average molecular weight is 289 g/mol. The highest BCUT2D eigenvalue weighted by Crippen LogP contribution is 2.33. The van der Waals surface area contributed by atoms with Gasteiger partial charge in [-0.25, -0.2) is 4.98 Å². The summed E-state index contributed by atoms with van der Waals surface area (Å²) in [4.78, 5) is 29.6. The van der Waals surface area contributed by atoms with Crippen molar-refractivity contribution in [3.05, 3.63) is 35.3 Å². The Bertz CT molecular complexity index is 690. The number of nitrogens with two attached hydrogens (primary N) is 1. The van der Waals surface area contributed by atoms with Crippen molar-refractivity contribution in [2.75, 3.05) is 6.54 Å². The predicted molar refractivity (Wildman–Crippen MR) is 71.4 cm³/mol. The lowest BCUT2D eigenvalue weighted by Crippen LogP contribution is -2.32. The Kier molecular flexibility index (Phi) is 3.20. The van der Waals surface area contributed by atoms with Gasteiger partial charge in [-0.3, -0.25) is 14.7 Å². The van der Waals surface area contributed by atoms with E-state index in [1.54, 1.807) is 11.8 Å². The van der Waals surface area contributed by atoms with Gasteiger partial charge in [-0.15, -0.1) is 0 Å². The number of H-pyrrole nitrogens is 1. The highest BCUT2D eigenvalue weighted by Gasteiger charge is 2.34. The third-order valence-corrected chi connectivity index (χ3v) is 3.62. The molecule has 0 aromatic carbocycles. The maximum atomic E-state index is 12.5. The molecule has 0 spiro atoms. The second-order valence-electron chi connectivity index (χ2n) is 4.97. The van der Waals surface area contributed by atoms with Crippen LogP contribution in [0.2, 0.25) is 0 Å². The minimum absolute atomic E-state index is 0.223. The van der Waals surface area contributed by atoms with Crippen LogP contribution in [0.3, 0.4) is 0 Å². The summed E-state index contributed by atoms with van der Waals surface area (Å²) in [5, 5.41) is 6.64. The number of carbonyl (C=O) groups is 2. The van der Waals surface area contributed by atoms with E-state index in [4.69, 9.17) is 10.2 Å². The summed E-state index contributed by atoms with van der Waals surface area (Å²) >= 11 is 0. The van der Waals surface area contributed by atoms with E-state index in [-0.39, 0.29) is 17.6 Å². The minimum atomic E-state index is -0.560. The van der Waals surface area contributed by atoms with E-state index in [2.05, 4.69) is 15.2 Å². The number of amides is 2. The molecule has 1 aliphatic heterocycles. The first-order chi connectivity index (χ1) is 10.1. The fourth-order valence-corrected chi connectivity index (χ4v) is 2.67. The molecule has 0 radical (unpaired) electrons. The largest absolute Gasteiger partial charge is 0.448 e. The van der Waals surface area contributed by atoms with Crippen LogP contribution >= 0.6 is 0 Å². The van der Waals surface area contributed by atoms with E-state index in [0.717, 1.165) is 12.8 Å². The molecule has 110 valence electrons. The second kappa shape index (κ2) is 5.04. The molecule has 1 fully saturated rings. The van der Waals surface area contributed by atoms with Crippen LogP contribution in [0.4, 0.5) is 0 Å². The van der Waals surface area contributed by atoms with Crippen LogP contribution in [0.1, 0.15) is 51.3 Å². The van der Waals surface area contributed by atoms with Crippen molar-refractivity contribution in [2.45, 2.75) is 25.8 Å². The topological polar surface area (TPSA) is 118 Å². The zero-order valence-electron chi connectivity index (χ0n) is 11.5. The Balaban J connectivity index is 1.90. The van der Waals surface area contributed by atoms with Crippen molar-refractivity contribution in [3.8, 4) is 0 Å². The summed E-state index contributed by atoms with van der Waals surface area (Å²) < 4.78 is 5.08. The Hall–Kier alpha value is -2.64. The molecule has 2 aromatic heterocycles. The van der Waals surface area contributed by atoms with Crippen molar-refractivity contribution in [3.63, 3.8) is 0 Å². The highest BCUT2D eigenvalue weighted by atomic mass is 16.3. The fourth-order valence-electron chi connectivity index (χ4n) is 2.67. The van der Waals surface area contributed by atoms with E-state index < -0.39 is 5.91 Å². The Morgan fingerprint density at radius 3 is 3.00 bits per heavy atom. The number of hydrogen-bond acceptors (Lipinski definition) is 5. The number of hydrogen-bond donors (Lipinski definition) is 2. The molecule has 0 saturated carbocycles. The standard InChI is InChI=1S/C13H15N5O3/c1-7-16-9(6-21-7)13(20)18-4-2-3-10(18)11-8(12(14)19)5-15-17-11/h5-6,10H,2-4H2,1H3,(H2,14,19)(H,15,17)/t10-/m1/s1. The predicted octanol–water partition coefficient (Wildman–Crippen LogP) is 0.782. The molecule has 0 bridgehead atoms. The van der Waals surface area contributed by atoms with Crippen LogP contribution in [0, 0.1) is 6.92 Å². The van der Waals surface area contributed by atoms with E-state index in [0.29, 0.717) is 23.7 Å². The summed E-state index contributed by atoms with van der Waals surface area (Å²) in [5.74, 6) is -0.344. The van der Waals surface area contributed by atoms with Gasteiger partial charge in [0.2, 0.25) is 0 Å². The van der Waals surface area contributed by atoms with Crippen LogP contribution in [-0.4, -0.2) is 38.4 Å². The van der Waals surface area contributed by atoms with Gasteiger partial charge in [0.1, 0.15) is 6.26 Å². The monoisotopic (exact) mass is 289 g/mol. The van der Waals surface area contributed by atoms with Crippen molar-refractivity contribution in [2.24, 2.45) is 5.73 Å². The molecule has 21 heavy (non-hydrogen) atoms. The molecule has 1 saturated heterocycles. The van der Waals surface area contributed by atoms with Crippen LogP contribution in [0.15, 0.2) is 16.9 Å². The van der Waals surface area contributed by atoms with Crippen molar-refractivity contribution < 1.29 is 14.0 Å². The lowest BCUT2D eigenvalue weighted by molar-refractivity contribution is 0.0724. The molecule has 8 heteroatoms. The van der Waals surface area contributed by atoms with Gasteiger partial charge in [0.05, 0.1) is 23.5 Å². The Morgan fingerprint density at radius 2 is 2.33 bits per heavy atom. The molecule has 2 aromatic rings. The number of nitrogens with zero attached hydrogens (tertiary/aromatic N) is 3. The smallest absolute Gasteiger partial charge is 0.276 e. The molecule has 3 rings (SSSR count). The molecule has 3 N–H and O–H groups in total. The first-order valence-corrected chi connectivity index (χ1v) is 6.64. The van der Waals surface area contributed by atoms with Gasteiger partial charge >= 0.3 is 0 Å². The maximum absolute atomic E-state index is 12.5. The average Bonchev–Trinajstić information content (AvgIpc) is 3.16. The third-order valence-electron chi connectivity index (χ3n) is 3.62. The quantitative estimate of drug-likeness (QED) is 0.865. The molecular formula is C13H15N5O3. The summed E-state index contributed by atoms with van der Waals surface area (Å²) in [6, 6.07) is -0.250. The van der Waals surface area contributed by atoms with Crippen molar-refractivity contribution in [1.29, 1.82) is 0 Å². The normalized spacial score (nSPS) is 18.1. The lowest BCUT2D eigenvalue weighted by atomic mass is 10.1. The summed E-state index contributed by atoms with van der Waals surface area (Å²) in [7, 11) is 0. The molecule has 0 unspecified atom stereocenters. The van der Waals surface area contributed by atoms with Crippen molar-refractivity contribution >= 4 is 11.8 Å². The maximum Gasteiger partial charge on any atom is 0.276 e. The van der Waals surface area contributed by atoms with E-state index in [9.17, 15) is 9.59 Å². The van der Waals surface area contributed by atoms with E-state index >= 15 is 0 Å². The van der Waals surface area contributed by atoms with Gasteiger partial charge < -0.3 is 15.1 Å². The highest BCUT2D eigenvalue weighted by molar-refractivity contribution is 5.95. The molecule has 8 nitrogen and oxygen atoms in total. The Morgan fingerprint density at radius 1 is 1.52 bits per heavy atom. The van der Waals surface area contributed by atoms with Gasteiger partial charge in [0.15, 0.2) is 11.6 Å². The first-order valence-electron chi connectivity index (χ1n) is 6.64. The summed E-state index contributed by atoms with van der Waals surface area (Å²) in [5.41, 5.74) is 6.49. The molecule has 3 heterocycles. The number of aryl methyl sites for hydroxylation is 1. The molecular weight excluding hydrogens is 274 g/mol. The minimum Gasteiger partial charge on any atom is -0.448 e. The molecule has 1 aliphatic rings. The summed E-state index contributed by atoms with van der Waals surface area (Å²) in [6.07, 6.45) is 4.31. The van der Waals surface area contributed by atoms with Gasteiger partial charge in [-0.1, -0.05) is 0 Å². The lowest BCUT2D eigenvalue weighted by Gasteiger charge is -2.23. The Labute approximate surface area is 120 Å². The van der Waals surface area contributed by atoms with Gasteiger partial charge in [0, 0.05) is 13.5 Å². The summed E-state index contributed by atoms with van der Waals surface area (Å²) in [6.45, 7) is 2.27. The molecule has 1 atom stereocenters. The van der Waals surface area contributed by atoms with Crippen LogP contribution < -0.4 is 5.73 Å². The SMILES string of the molecule is Cc1nc(C(=O)N2CCC[C@@H]2c2[nH]ncc2C(N)=O)co1. The first kappa shape index (κ1) is 13.3. The van der Waals surface area contributed by atoms with E-state index in [1.165, 1.54) is 12.5 Å². The number of likely N-dealkylation sites (tertiary alicyclic amines) is 1. The third kappa shape index (κ3) is 2.28. The number of aromatic amines is 1. The van der Waals surface area contributed by atoms with E-state index in [1.807, 2.05) is 0 Å². The zero-order chi connectivity index (χ0) is 15.0. The van der Waals surface area contributed by atoms with Crippen LogP contribution in [-0.2, 0) is 0 Å². The van der Waals surface area contributed by atoms with Gasteiger partial charge in [0.25, 0.3) is 11.8 Å². The van der Waals surface area contributed by atoms with Gasteiger partial charge in [-0.2, -0.15) is 5.10 Å². The number of aromatic nitrogens is 3. The van der Waals surface area contributed by atoms with Gasteiger partial charge in [-0.05, 0) is 12.8 Å². The fraction of sp³-hybridized carbons (Fsp3) is 0.385. The van der Waals surface area contributed by atoms with Crippen LogP contribution in [0.25, 0.3) is 0 Å². The number of nitrogens with one attached hydrogen (secondary N) is 1.